The maximum absolute atomic E-state index is 8.17. The number of rotatable bonds is 4. The summed E-state index contributed by atoms with van der Waals surface area (Å²) in [5, 5.41) is 6.83. The zero-order valence-corrected chi connectivity index (χ0v) is 9.73. The third kappa shape index (κ3) is 4.03. The van der Waals surface area contributed by atoms with Crippen molar-refractivity contribution in [2.45, 2.75) is 13.1 Å². The molecule has 15 heavy (non-hydrogen) atoms. The van der Waals surface area contributed by atoms with Gasteiger partial charge in [0, 0.05) is 24.8 Å². The van der Waals surface area contributed by atoms with Gasteiger partial charge in [0.2, 0.25) is 0 Å². The first-order chi connectivity index (χ1) is 7.26. The SMILES string of the molecule is [N-]=[N+]=NCc1cc(I)cc(CN=[N+]=[N-])n1. The third-order valence-electron chi connectivity index (χ3n) is 1.49. The van der Waals surface area contributed by atoms with Crippen LogP contribution >= 0.6 is 22.6 Å². The van der Waals surface area contributed by atoms with Gasteiger partial charge in [-0.2, -0.15) is 0 Å². The van der Waals surface area contributed by atoms with E-state index in [1.807, 2.05) is 12.1 Å². The van der Waals surface area contributed by atoms with Crippen molar-refractivity contribution in [3.8, 4) is 0 Å². The van der Waals surface area contributed by atoms with Gasteiger partial charge in [-0.1, -0.05) is 10.2 Å². The van der Waals surface area contributed by atoms with Crippen LogP contribution in [0.5, 0.6) is 0 Å². The second kappa shape index (κ2) is 6.07. The van der Waals surface area contributed by atoms with E-state index in [1.165, 1.54) is 0 Å². The minimum absolute atomic E-state index is 0.205. The number of nitrogens with zero attached hydrogens (tertiary/aromatic N) is 7. The molecule has 0 unspecified atom stereocenters. The average Bonchev–Trinajstić information content (AvgIpc) is 2.23. The number of halogens is 1. The Labute approximate surface area is 98.9 Å². The predicted molar refractivity (Wildman–Crippen MR) is 62.7 cm³/mol. The molecule has 0 spiro atoms. The van der Waals surface area contributed by atoms with E-state index in [-0.39, 0.29) is 13.1 Å². The lowest BCUT2D eigenvalue weighted by molar-refractivity contribution is 0.902. The Balaban J connectivity index is 2.93. The van der Waals surface area contributed by atoms with Crippen LogP contribution in [0.4, 0.5) is 0 Å². The van der Waals surface area contributed by atoms with Gasteiger partial charge in [0.05, 0.1) is 13.1 Å². The topological polar surface area (TPSA) is 110 Å². The maximum atomic E-state index is 8.17. The molecule has 8 heteroatoms. The van der Waals surface area contributed by atoms with Gasteiger partial charge in [-0.05, 0) is 45.8 Å². The summed E-state index contributed by atoms with van der Waals surface area (Å²) in [7, 11) is 0. The third-order valence-corrected chi connectivity index (χ3v) is 2.11. The summed E-state index contributed by atoms with van der Waals surface area (Å²) in [4.78, 5) is 9.48. The number of aromatic nitrogens is 1. The minimum atomic E-state index is 0.205. The van der Waals surface area contributed by atoms with Gasteiger partial charge in [-0.3, -0.25) is 4.98 Å². The molecule has 0 aliphatic rings. The molecule has 0 amide bonds. The summed E-state index contributed by atoms with van der Waals surface area (Å²) in [6.07, 6.45) is 0. The normalized spacial score (nSPS) is 8.87. The number of pyridine rings is 1. The number of hydrogen-bond acceptors (Lipinski definition) is 3. The summed E-state index contributed by atoms with van der Waals surface area (Å²) in [5.41, 5.74) is 17.7. The van der Waals surface area contributed by atoms with Crippen molar-refractivity contribution in [1.82, 2.24) is 4.98 Å². The van der Waals surface area contributed by atoms with Crippen molar-refractivity contribution < 1.29 is 0 Å². The lowest BCUT2D eigenvalue weighted by Gasteiger charge is -2.00. The average molecular weight is 315 g/mol. The Morgan fingerprint density at radius 2 is 1.60 bits per heavy atom. The highest BCUT2D eigenvalue weighted by atomic mass is 127. The van der Waals surface area contributed by atoms with Crippen LogP contribution in [0.3, 0.4) is 0 Å². The van der Waals surface area contributed by atoms with Gasteiger partial charge < -0.3 is 0 Å². The lowest BCUT2D eigenvalue weighted by atomic mass is 10.3. The van der Waals surface area contributed by atoms with E-state index in [0.29, 0.717) is 11.4 Å². The van der Waals surface area contributed by atoms with Gasteiger partial charge >= 0.3 is 0 Å². The standard InChI is InChI=1S/C7H6IN7/c8-5-1-6(3-11-14-9)13-7(2-5)4-12-15-10/h1-2H,3-4H2. The van der Waals surface area contributed by atoms with Crippen LogP contribution in [0.1, 0.15) is 11.4 Å². The molecule has 0 aromatic carbocycles. The van der Waals surface area contributed by atoms with Crippen LogP contribution in [0.15, 0.2) is 22.4 Å². The summed E-state index contributed by atoms with van der Waals surface area (Å²) >= 11 is 2.13. The Bertz CT molecular complexity index is 406. The largest absolute Gasteiger partial charge is 0.258 e. The fourth-order valence-electron chi connectivity index (χ4n) is 0.979. The number of hydrogen-bond donors (Lipinski definition) is 0. The summed E-state index contributed by atoms with van der Waals surface area (Å²) in [5.74, 6) is 0. The van der Waals surface area contributed by atoms with Crippen LogP contribution in [-0.2, 0) is 13.1 Å². The van der Waals surface area contributed by atoms with Gasteiger partial charge in [-0.15, -0.1) is 0 Å². The summed E-state index contributed by atoms with van der Waals surface area (Å²) in [6, 6.07) is 3.63. The highest BCUT2D eigenvalue weighted by Gasteiger charge is 1.99. The first kappa shape index (κ1) is 11.6. The summed E-state index contributed by atoms with van der Waals surface area (Å²) in [6.45, 7) is 0.410. The molecule has 0 fully saturated rings. The van der Waals surface area contributed by atoms with E-state index in [4.69, 9.17) is 11.1 Å². The molecule has 1 heterocycles. The Hall–Kier alpha value is -1.50. The van der Waals surface area contributed by atoms with Gasteiger partial charge in [0.25, 0.3) is 0 Å². The highest BCUT2D eigenvalue weighted by Crippen LogP contribution is 2.10. The second-order valence-electron chi connectivity index (χ2n) is 2.55. The molecule has 0 N–H and O–H groups in total. The van der Waals surface area contributed by atoms with Gasteiger partial charge in [-0.25, -0.2) is 0 Å². The van der Waals surface area contributed by atoms with E-state index in [2.05, 4.69) is 47.6 Å². The minimum Gasteiger partial charge on any atom is -0.258 e. The predicted octanol–water partition coefficient (Wildman–Crippen LogP) is 3.31. The van der Waals surface area contributed by atoms with Crippen molar-refractivity contribution in [2.24, 2.45) is 10.2 Å². The van der Waals surface area contributed by atoms with E-state index >= 15 is 0 Å². The molecule has 0 radical (unpaired) electrons. The quantitative estimate of drug-likeness (QED) is 0.361. The molecular weight excluding hydrogens is 309 g/mol. The Morgan fingerprint density at radius 1 is 1.13 bits per heavy atom. The van der Waals surface area contributed by atoms with Gasteiger partial charge in [0.1, 0.15) is 0 Å². The first-order valence-electron chi connectivity index (χ1n) is 3.93. The molecule has 0 aliphatic carbocycles. The molecule has 76 valence electrons. The van der Waals surface area contributed by atoms with Crippen molar-refractivity contribution in [3.05, 3.63) is 48.0 Å². The van der Waals surface area contributed by atoms with E-state index in [1.54, 1.807) is 0 Å². The fraction of sp³-hybridized carbons (Fsp3) is 0.286. The molecule has 1 aromatic heterocycles. The Kier molecular flexibility index (Phi) is 4.69. The molecular formula is C7H6IN7. The first-order valence-corrected chi connectivity index (χ1v) is 5.01. The lowest BCUT2D eigenvalue weighted by Crippen LogP contribution is -1.94. The molecule has 1 aromatic rings. The zero-order valence-electron chi connectivity index (χ0n) is 7.58. The Morgan fingerprint density at radius 3 is 2.00 bits per heavy atom. The van der Waals surface area contributed by atoms with Crippen LogP contribution in [0.25, 0.3) is 20.9 Å². The van der Waals surface area contributed by atoms with E-state index in [9.17, 15) is 0 Å². The van der Waals surface area contributed by atoms with Crippen molar-refractivity contribution in [1.29, 1.82) is 0 Å². The highest BCUT2D eigenvalue weighted by molar-refractivity contribution is 14.1. The summed E-state index contributed by atoms with van der Waals surface area (Å²) < 4.78 is 0.967. The van der Waals surface area contributed by atoms with Crippen molar-refractivity contribution in [2.75, 3.05) is 0 Å². The van der Waals surface area contributed by atoms with Crippen LogP contribution in [-0.4, -0.2) is 4.98 Å². The molecule has 0 saturated carbocycles. The smallest absolute Gasteiger partial charge is 0.0684 e. The molecule has 0 aliphatic heterocycles. The second-order valence-corrected chi connectivity index (χ2v) is 3.79. The molecule has 0 saturated heterocycles. The van der Waals surface area contributed by atoms with Crippen molar-refractivity contribution in [3.63, 3.8) is 0 Å². The van der Waals surface area contributed by atoms with Crippen LogP contribution in [0.2, 0.25) is 0 Å². The zero-order chi connectivity index (χ0) is 11.1. The van der Waals surface area contributed by atoms with Crippen LogP contribution in [0, 0.1) is 3.57 Å². The van der Waals surface area contributed by atoms with Crippen LogP contribution < -0.4 is 0 Å². The van der Waals surface area contributed by atoms with Gasteiger partial charge in [0.15, 0.2) is 0 Å². The molecule has 7 nitrogen and oxygen atoms in total. The molecule has 0 atom stereocenters. The monoisotopic (exact) mass is 315 g/mol. The number of azide groups is 2. The molecule has 1 rings (SSSR count). The molecule has 0 bridgehead atoms. The van der Waals surface area contributed by atoms with Crippen molar-refractivity contribution >= 4 is 22.6 Å². The fourth-order valence-corrected chi connectivity index (χ4v) is 1.70. The van der Waals surface area contributed by atoms with E-state index < -0.39 is 0 Å². The van der Waals surface area contributed by atoms with E-state index in [0.717, 1.165) is 3.57 Å². The maximum Gasteiger partial charge on any atom is 0.0684 e.